The number of benzene rings is 1. The summed E-state index contributed by atoms with van der Waals surface area (Å²) in [4.78, 5) is 11.9. The number of amides is 1. The van der Waals surface area contributed by atoms with Crippen molar-refractivity contribution in [3.05, 3.63) is 29.8 Å². The van der Waals surface area contributed by atoms with Crippen molar-refractivity contribution in [1.82, 2.24) is 10.6 Å². The van der Waals surface area contributed by atoms with Crippen LogP contribution in [0.25, 0.3) is 0 Å². The molecule has 0 radical (unpaired) electrons. The minimum atomic E-state index is 0. The molecule has 0 aromatic heterocycles. The zero-order chi connectivity index (χ0) is 14.4. The Hall–Kier alpha value is -1.26. The second-order valence-corrected chi connectivity index (χ2v) is 5.59. The van der Waals surface area contributed by atoms with Gasteiger partial charge in [-0.25, -0.2) is 0 Å². The molecule has 2 rings (SSSR count). The summed E-state index contributed by atoms with van der Waals surface area (Å²) >= 11 is 0. The van der Waals surface area contributed by atoms with Gasteiger partial charge in [0, 0.05) is 12.5 Å². The molecular weight excluding hydrogens is 288 g/mol. The topological polar surface area (TPSA) is 50.4 Å². The number of nitrogens with one attached hydrogen (secondary N) is 2. The lowest BCUT2D eigenvalue weighted by Crippen LogP contribution is -2.39. The molecule has 1 aromatic rings. The molecule has 1 aromatic carbocycles. The van der Waals surface area contributed by atoms with E-state index in [-0.39, 0.29) is 24.4 Å². The van der Waals surface area contributed by atoms with Crippen molar-refractivity contribution in [3.63, 3.8) is 0 Å². The van der Waals surface area contributed by atoms with E-state index in [1.165, 1.54) is 12.0 Å². The van der Waals surface area contributed by atoms with Gasteiger partial charge in [0.05, 0.1) is 6.04 Å². The number of aryl methyl sites for hydroxylation is 1. The maximum Gasteiger partial charge on any atom is 0.221 e. The number of hydrogen-bond acceptors (Lipinski definition) is 3. The molecule has 0 aliphatic carbocycles. The van der Waals surface area contributed by atoms with E-state index < -0.39 is 0 Å². The van der Waals surface area contributed by atoms with Crippen LogP contribution >= 0.6 is 12.4 Å². The molecule has 1 amide bonds. The van der Waals surface area contributed by atoms with E-state index in [0.29, 0.717) is 19.1 Å². The van der Waals surface area contributed by atoms with Gasteiger partial charge in [-0.1, -0.05) is 12.1 Å². The van der Waals surface area contributed by atoms with Gasteiger partial charge >= 0.3 is 0 Å². The summed E-state index contributed by atoms with van der Waals surface area (Å²) in [5, 5.41) is 6.32. The standard InChI is InChI=1S/C16H24N2O2.ClH/c1-12-5-3-7-15(9-12)20-11-13(2)18-16(19)10-14-6-4-8-17-14;/h3,5,7,9,13-14,17H,4,6,8,10-11H2,1-2H3,(H,18,19);1H. The predicted molar refractivity (Wildman–Crippen MR) is 87.2 cm³/mol. The average molecular weight is 313 g/mol. The van der Waals surface area contributed by atoms with Crippen molar-refractivity contribution >= 4 is 18.3 Å². The maximum atomic E-state index is 11.9. The molecule has 1 saturated heterocycles. The first-order valence-electron chi connectivity index (χ1n) is 7.35. The Morgan fingerprint density at radius 1 is 1.52 bits per heavy atom. The third-order valence-corrected chi connectivity index (χ3v) is 3.49. The van der Waals surface area contributed by atoms with Crippen LogP contribution in [0.2, 0.25) is 0 Å². The van der Waals surface area contributed by atoms with Crippen LogP contribution in [-0.2, 0) is 4.79 Å². The number of hydrogen-bond donors (Lipinski definition) is 2. The molecule has 5 heteroatoms. The van der Waals surface area contributed by atoms with E-state index in [0.717, 1.165) is 18.7 Å². The van der Waals surface area contributed by atoms with E-state index in [1.807, 2.05) is 38.1 Å². The highest BCUT2D eigenvalue weighted by Crippen LogP contribution is 2.12. The Balaban J connectivity index is 0.00000220. The van der Waals surface area contributed by atoms with E-state index in [1.54, 1.807) is 0 Å². The molecular formula is C16H25ClN2O2. The number of ether oxygens (including phenoxy) is 1. The molecule has 2 N–H and O–H groups in total. The van der Waals surface area contributed by atoms with Crippen LogP contribution in [0.4, 0.5) is 0 Å². The molecule has 0 saturated carbocycles. The Morgan fingerprint density at radius 3 is 3.00 bits per heavy atom. The summed E-state index contributed by atoms with van der Waals surface area (Å²) in [7, 11) is 0. The summed E-state index contributed by atoms with van der Waals surface area (Å²) in [6, 6.07) is 8.30. The van der Waals surface area contributed by atoms with Crippen LogP contribution < -0.4 is 15.4 Å². The van der Waals surface area contributed by atoms with Gasteiger partial charge in [0.2, 0.25) is 5.91 Å². The molecule has 2 unspecified atom stereocenters. The monoisotopic (exact) mass is 312 g/mol. The number of halogens is 1. The van der Waals surface area contributed by atoms with Gasteiger partial charge in [-0.3, -0.25) is 4.79 Å². The van der Waals surface area contributed by atoms with E-state index in [9.17, 15) is 4.79 Å². The van der Waals surface area contributed by atoms with Crippen LogP contribution in [0, 0.1) is 6.92 Å². The fourth-order valence-corrected chi connectivity index (χ4v) is 2.46. The minimum absolute atomic E-state index is 0. The van der Waals surface area contributed by atoms with Crippen LogP contribution in [0.3, 0.4) is 0 Å². The smallest absolute Gasteiger partial charge is 0.221 e. The Labute approximate surface area is 133 Å². The van der Waals surface area contributed by atoms with Crippen molar-refractivity contribution in [2.24, 2.45) is 0 Å². The molecule has 21 heavy (non-hydrogen) atoms. The number of carbonyl (C=O) groups excluding carboxylic acids is 1. The fraction of sp³-hybridized carbons (Fsp3) is 0.562. The van der Waals surface area contributed by atoms with Gasteiger partial charge in [-0.05, 0) is 50.9 Å². The summed E-state index contributed by atoms with van der Waals surface area (Å²) < 4.78 is 5.69. The Bertz CT molecular complexity index is 448. The van der Waals surface area contributed by atoms with Crippen molar-refractivity contribution in [3.8, 4) is 5.75 Å². The molecule has 1 heterocycles. The van der Waals surface area contributed by atoms with Crippen molar-refractivity contribution in [2.75, 3.05) is 13.2 Å². The van der Waals surface area contributed by atoms with E-state index in [4.69, 9.17) is 4.74 Å². The molecule has 1 aliphatic rings. The quantitative estimate of drug-likeness (QED) is 0.848. The number of carbonyl (C=O) groups is 1. The zero-order valence-electron chi connectivity index (χ0n) is 12.7. The third kappa shape index (κ3) is 6.36. The average Bonchev–Trinajstić information content (AvgIpc) is 2.89. The summed E-state index contributed by atoms with van der Waals surface area (Å²) in [5.74, 6) is 0.952. The second kappa shape index (κ2) is 8.90. The molecule has 0 bridgehead atoms. The molecule has 118 valence electrons. The normalized spacial score (nSPS) is 18.7. The Morgan fingerprint density at radius 2 is 2.33 bits per heavy atom. The highest BCUT2D eigenvalue weighted by Gasteiger charge is 2.18. The van der Waals surface area contributed by atoms with E-state index in [2.05, 4.69) is 10.6 Å². The molecule has 1 fully saturated rings. The van der Waals surface area contributed by atoms with Crippen molar-refractivity contribution in [2.45, 2.75) is 45.2 Å². The molecule has 4 nitrogen and oxygen atoms in total. The van der Waals surface area contributed by atoms with Gasteiger partial charge in [0.25, 0.3) is 0 Å². The third-order valence-electron chi connectivity index (χ3n) is 3.49. The second-order valence-electron chi connectivity index (χ2n) is 5.59. The lowest BCUT2D eigenvalue weighted by atomic mass is 10.1. The SMILES string of the molecule is Cc1cccc(OCC(C)NC(=O)CC2CCCN2)c1.Cl. The zero-order valence-corrected chi connectivity index (χ0v) is 13.5. The maximum absolute atomic E-state index is 11.9. The van der Waals surface area contributed by atoms with Crippen LogP contribution in [-0.4, -0.2) is 31.1 Å². The van der Waals surface area contributed by atoms with Crippen molar-refractivity contribution < 1.29 is 9.53 Å². The lowest BCUT2D eigenvalue weighted by Gasteiger charge is -2.17. The summed E-state index contributed by atoms with van der Waals surface area (Å²) in [5.41, 5.74) is 1.17. The van der Waals surface area contributed by atoms with Gasteiger partial charge in [-0.15, -0.1) is 12.4 Å². The number of rotatable bonds is 6. The lowest BCUT2D eigenvalue weighted by molar-refractivity contribution is -0.122. The summed E-state index contributed by atoms with van der Waals surface area (Å²) in [6.07, 6.45) is 2.83. The highest BCUT2D eigenvalue weighted by atomic mass is 35.5. The minimum Gasteiger partial charge on any atom is -0.491 e. The first kappa shape index (κ1) is 17.8. The van der Waals surface area contributed by atoms with Crippen LogP contribution in [0.5, 0.6) is 5.75 Å². The van der Waals surface area contributed by atoms with Crippen LogP contribution in [0.15, 0.2) is 24.3 Å². The predicted octanol–water partition coefficient (Wildman–Crippen LogP) is 2.44. The molecule has 1 aliphatic heterocycles. The molecule has 0 spiro atoms. The van der Waals surface area contributed by atoms with E-state index >= 15 is 0 Å². The largest absolute Gasteiger partial charge is 0.491 e. The van der Waals surface area contributed by atoms with Gasteiger partial charge in [0.1, 0.15) is 12.4 Å². The fourth-order valence-electron chi connectivity index (χ4n) is 2.46. The Kier molecular flexibility index (Phi) is 7.54. The van der Waals surface area contributed by atoms with Crippen LogP contribution in [0.1, 0.15) is 31.7 Å². The first-order chi connectivity index (χ1) is 9.63. The highest BCUT2D eigenvalue weighted by molar-refractivity contribution is 5.85. The van der Waals surface area contributed by atoms with Gasteiger partial charge in [0.15, 0.2) is 0 Å². The van der Waals surface area contributed by atoms with Crippen molar-refractivity contribution in [1.29, 1.82) is 0 Å². The van der Waals surface area contributed by atoms with Gasteiger partial charge < -0.3 is 15.4 Å². The molecule has 2 atom stereocenters. The van der Waals surface area contributed by atoms with Gasteiger partial charge in [-0.2, -0.15) is 0 Å². The first-order valence-corrected chi connectivity index (χ1v) is 7.35. The summed E-state index contributed by atoms with van der Waals surface area (Å²) in [6.45, 7) is 5.53.